The Hall–Kier alpha value is -0.820. The lowest BCUT2D eigenvalue weighted by atomic mass is 10.2. The average Bonchev–Trinajstić information content (AvgIpc) is 2.73. The predicted octanol–water partition coefficient (Wildman–Crippen LogP) is 2.97. The third-order valence-electron chi connectivity index (χ3n) is 2.80. The molecule has 0 aliphatic carbocycles. The largest absolute Gasteiger partial charge is 0.423 e. The quantitative estimate of drug-likeness (QED) is 0.820. The molecule has 1 aromatic heterocycles. The van der Waals surface area contributed by atoms with Crippen molar-refractivity contribution >= 4 is 7.60 Å². The van der Waals surface area contributed by atoms with Crippen LogP contribution in [0.15, 0.2) is 18.3 Å². The number of nitrogens with zero attached hydrogens (tertiary/aromatic N) is 1. The number of halogens is 3. The van der Waals surface area contributed by atoms with Gasteiger partial charge in [-0.3, -0.25) is 4.57 Å². The molecule has 0 aliphatic heterocycles. The fraction of sp³-hybridized carbons (Fsp3) is 0.636. The Kier molecular flexibility index (Phi) is 5.08. The van der Waals surface area contributed by atoms with E-state index in [9.17, 15) is 17.7 Å². The van der Waals surface area contributed by atoms with Gasteiger partial charge in [-0.1, -0.05) is 0 Å². The molecule has 1 rings (SSSR count). The smallest absolute Gasteiger partial charge is 0.352 e. The molecule has 0 spiro atoms. The second kappa shape index (κ2) is 5.89. The number of hydrogen-bond acceptors (Lipinski definition) is 4. The van der Waals surface area contributed by atoms with E-state index in [2.05, 4.69) is 0 Å². The third kappa shape index (κ3) is 2.65. The van der Waals surface area contributed by atoms with Gasteiger partial charge in [0.1, 0.15) is 0 Å². The second-order valence-corrected chi connectivity index (χ2v) is 6.32. The lowest BCUT2D eigenvalue weighted by Crippen LogP contribution is -2.52. The lowest BCUT2D eigenvalue weighted by molar-refractivity contribution is -0.171. The number of rotatable bonds is 6. The SMILES string of the molecule is CCOP(=O)(OCC)C(N)(c1cccn1C)C(F)(F)F. The summed E-state index contributed by atoms with van der Waals surface area (Å²) < 4.78 is 64.0. The zero-order valence-electron chi connectivity index (χ0n) is 11.5. The number of alkyl halides is 3. The fourth-order valence-electron chi connectivity index (χ4n) is 1.88. The maximum absolute atomic E-state index is 13.5. The molecule has 0 amide bonds. The first-order valence-electron chi connectivity index (χ1n) is 6.00. The van der Waals surface area contributed by atoms with Crippen LogP contribution in [0.3, 0.4) is 0 Å². The zero-order chi connectivity index (χ0) is 15.6. The highest BCUT2D eigenvalue weighted by Gasteiger charge is 2.68. The highest BCUT2D eigenvalue weighted by atomic mass is 31.2. The molecule has 20 heavy (non-hydrogen) atoms. The molecule has 9 heteroatoms. The first kappa shape index (κ1) is 17.2. The van der Waals surface area contributed by atoms with Crippen LogP contribution >= 0.6 is 7.60 Å². The van der Waals surface area contributed by atoms with Gasteiger partial charge in [-0.15, -0.1) is 0 Å². The van der Waals surface area contributed by atoms with Gasteiger partial charge < -0.3 is 19.3 Å². The molecule has 0 saturated carbocycles. The van der Waals surface area contributed by atoms with Crippen molar-refractivity contribution in [1.29, 1.82) is 0 Å². The molecule has 116 valence electrons. The fourth-order valence-corrected chi connectivity index (χ4v) is 3.86. The third-order valence-corrected chi connectivity index (χ3v) is 5.34. The number of aryl methyl sites for hydroxylation is 1. The predicted molar refractivity (Wildman–Crippen MR) is 68.2 cm³/mol. The Bertz CT molecular complexity index is 493. The lowest BCUT2D eigenvalue weighted by Gasteiger charge is -2.37. The van der Waals surface area contributed by atoms with Crippen LogP contribution in [0.5, 0.6) is 0 Å². The highest BCUT2D eigenvalue weighted by molar-refractivity contribution is 7.55. The van der Waals surface area contributed by atoms with E-state index in [1.165, 1.54) is 33.2 Å². The van der Waals surface area contributed by atoms with Crippen molar-refractivity contribution < 1.29 is 26.8 Å². The van der Waals surface area contributed by atoms with Gasteiger partial charge in [-0.05, 0) is 26.0 Å². The molecule has 0 radical (unpaired) electrons. The Morgan fingerprint density at radius 3 is 2.10 bits per heavy atom. The van der Waals surface area contributed by atoms with Gasteiger partial charge in [-0.2, -0.15) is 13.2 Å². The Balaban J connectivity index is 3.54. The summed E-state index contributed by atoms with van der Waals surface area (Å²) >= 11 is 0. The minimum absolute atomic E-state index is 0.212. The van der Waals surface area contributed by atoms with Crippen molar-refractivity contribution in [3.05, 3.63) is 24.0 Å². The van der Waals surface area contributed by atoms with Crippen molar-refractivity contribution in [2.75, 3.05) is 13.2 Å². The first-order valence-corrected chi connectivity index (χ1v) is 7.55. The molecule has 0 aromatic carbocycles. The van der Waals surface area contributed by atoms with E-state index in [4.69, 9.17) is 14.8 Å². The first-order chi connectivity index (χ1) is 9.14. The van der Waals surface area contributed by atoms with Crippen LogP contribution in [0.4, 0.5) is 13.2 Å². The molecule has 2 N–H and O–H groups in total. The number of aromatic nitrogens is 1. The van der Waals surface area contributed by atoms with Crippen LogP contribution in [0.1, 0.15) is 19.5 Å². The molecular formula is C11H18F3N2O3P. The molecule has 1 heterocycles. The minimum atomic E-state index is -5.00. The van der Waals surface area contributed by atoms with E-state index in [1.807, 2.05) is 0 Å². The molecule has 5 nitrogen and oxygen atoms in total. The Morgan fingerprint density at radius 1 is 1.30 bits per heavy atom. The molecule has 0 saturated heterocycles. The molecule has 1 unspecified atom stereocenters. The van der Waals surface area contributed by atoms with Gasteiger partial charge in [0, 0.05) is 13.2 Å². The van der Waals surface area contributed by atoms with Gasteiger partial charge in [0.25, 0.3) is 5.28 Å². The molecule has 0 fully saturated rings. The summed E-state index contributed by atoms with van der Waals surface area (Å²) in [6, 6.07) is 2.53. The number of nitrogens with two attached hydrogens (primary N) is 1. The summed E-state index contributed by atoms with van der Waals surface area (Å²) in [6.07, 6.45) is -3.62. The van der Waals surface area contributed by atoms with E-state index in [-0.39, 0.29) is 18.9 Å². The summed E-state index contributed by atoms with van der Waals surface area (Å²) in [5.41, 5.74) is 5.15. The van der Waals surface area contributed by atoms with Gasteiger partial charge in [-0.25, -0.2) is 0 Å². The van der Waals surface area contributed by atoms with E-state index in [0.29, 0.717) is 0 Å². The average molecular weight is 314 g/mol. The summed E-state index contributed by atoms with van der Waals surface area (Å²) in [5, 5.41) is -3.22. The Morgan fingerprint density at radius 2 is 1.80 bits per heavy atom. The van der Waals surface area contributed by atoms with Crippen molar-refractivity contribution in [2.24, 2.45) is 12.8 Å². The van der Waals surface area contributed by atoms with Crippen LogP contribution in [-0.2, 0) is 25.9 Å². The maximum atomic E-state index is 13.5. The van der Waals surface area contributed by atoms with E-state index < -0.39 is 19.1 Å². The van der Waals surface area contributed by atoms with Gasteiger partial charge in [0.15, 0.2) is 0 Å². The maximum Gasteiger partial charge on any atom is 0.423 e. The van der Waals surface area contributed by atoms with E-state index in [1.54, 1.807) is 0 Å². The minimum Gasteiger partial charge on any atom is -0.352 e. The van der Waals surface area contributed by atoms with E-state index >= 15 is 0 Å². The van der Waals surface area contributed by atoms with Crippen LogP contribution in [-0.4, -0.2) is 24.0 Å². The zero-order valence-corrected chi connectivity index (χ0v) is 12.4. The van der Waals surface area contributed by atoms with Crippen LogP contribution in [0.2, 0.25) is 0 Å². The molecular weight excluding hydrogens is 296 g/mol. The summed E-state index contributed by atoms with van der Waals surface area (Å²) in [4.78, 5) is 0. The van der Waals surface area contributed by atoms with Gasteiger partial charge in [0.2, 0.25) is 0 Å². The topological polar surface area (TPSA) is 66.5 Å². The van der Waals surface area contributed by atoms with Crippen molar-refractivity contribution in [3.8, 4) is 0 Å². The van der Waals surface area contributed by atoms with Crippen molar-refractivity contribution in [3.63, 3.8) is 0 Å². The number of hydrogen-bond donors (Lipinski definition) is 1. The monoisotopic (exact) mass is 314 g/mol. The normalized spacial score (nSPS) is 16.1. The summed E-state index contributed by atoms with van der Waals surface area (Å²) in [7, 11) is -3.27. The molecule has 1 aromatic rings. The summed E-state index contributed by atoms with van der Waals surface area (Å²) in [5.74, 6) is 0. The molecule has 1 atom stereocenters. The second-order valence-electron chi connectivity index (χ2n) is 4.10. The van der Waals surface area contributed by atoms with Crippen molar-refractivity contribution in [1.82, 2.24) is 4.57 Å². The van der Waals surface area contributed by atoms with E-state index in [0.717, 1.165) is 10.6 Å². The standard InChI is InChI=1S/C11H18F3N2O3P/c1-4-18-20(17,19-5-2)10(15,11(12,13)14)9-7-6-8-16(9)3/h6-8H,4-5,15H2,1-3H3. The van der Waals surface area contributed by atoms with Crippen molar-refractivity contribution in [2.45, 2.75) is 25.3 Å². The van der Waals surface area contributed by atoms with Crippen LogP contribution < -0.4 is 5.73 Å². The van der Waals surface area contributed by atoms with Crippen LogP contribution in [0, 0.1) is 0 Å². The molecule has 0 aliphatic rings. The van der Waals surface area contributed by atoms with Gasteiger partial charge in [0.05, 0.1) is 18.9 Å². The molecule has 0 bridgehead atoms. The highest BCUT2D eigenvalue weighted by Crippen LogP contribution is 2.67. The van der Waals surface area contributed by atoms with Gasteiger partial charge >= 0.3 is 13.8 Å². The van der Waals surface area contributed by atoms with Crippen LogP contribution in [0.25, 0.3) is 0 Å². The summed E-state index contributed by atoms with van der Waals surface area (Å²) in [6.45, 7) is 2.42. The Labute approximate surface area is 115 Å².